The summed E-state index contributed by atoms with van der Waals surface area (Å²) in [6, 6.07) is 0.864. The molecule has 0 bridgehead atoms. The lowest BCUT2D eigenvalue weighted by molar-refractivity contribution is 0.217. The third-order valence-electron chi connectivity index (χ3n) is 3.59. The molecule has 0 heterocycles. The van der Waals surface area contributed by atoms with E-state index in [1.54, 1.807) is 0 Å². The highest BCUT2D eigenvalue weighted by Crippen LogP contribution is 2.21. The smallest absolute Gasteiger partial charge is 0.0223 e. The molecule has 15 heavy (non-hydrogen) atoms. The molecule has 1 aliphatic rings. The predicted octanol–water partition coefficient (Wildman–Crippen LogP) is 4.05. The number of nitrogens with zero attached hydrogens (tertiary/aromatic N) is 1. The molecular weight excluding hydrogens is 206 g/mol. The molecule has 1 saturated carbocycles. The Morgan fingerprint density at radius 1 is 1.00 bits per heavy atom. The Labute approximate surface area is 100 Å². The maximum absolute atomic E-state index is 5.67. The van der Waals surface area contributed by atoms with Gasteiger partial charge in [-0.25, -0.2) is 0 Å². The van der Waals surface area contributed by atoms with Crippen molar-refractivity contribution < 1.29 is 0 Å². The highest BCUT2D eigenvalue weighted by atomic mass is 35.5. The molecule has 0 atom stereocenters. The van der Waals surface area contributed by atoms with Crippen molar-refractivity contribution in [3.63, 3.8) is 0 Å². The summed E-state index contributed by atoms with van der Waals surface area (Å²) < 4.78 is 0. The van der Waals surface area contributed by atoms with Crippen molar-refractivity contribution >= 4 is 11.6 Å². The number of alkyl halides is 1. The van der Waals surface area contributed by atoms with Gasteiger partial charge < -0.3 is 4.90 Å². The molecule has 1 fully saturated rings. The third kappa shape index (κ3) is 5.77. The molecule has 0 aromatic rings. The maximum Gasteiger partial charge on any atom is 0.0223 e. The van der Waals surface area contributed by atoms with E-state index >= 15 is 0 Å². The molecule has 0 unspecified atom stereocenters. The van der Waals surface area contributed by atoms with Gasteiger partial charge >= 0.3 is 0 Å². The van der Waals surface area contributed by atoms with E-state index in [0.29, 0.717) is 0 Å². The van der Waals surface area contributed by atoms with Crippen LogP contribution >= 0.6 is 11.6 Å². The number of hydrogen-bond donors (Lipinski definition) is 0. The van der Waals surface area contributed by atoms with Gasteiger partial charge in [-0.2, -0.15) is 0 Å². The SMILES string of the molecule is CN(CCCCCCl)C1CCCCCC1. The topological polar surface area (TPSA) is 3.24 Å². The minimum Gasteiger partial charge on any atom is -0.303 e. The van der Waals surface area contributed by atoms with Crippen molar-refractivity contribution in [3.8, 4) is 0 Å². The first-order valence-corrected chi connectivity index (χ1v) is 7.14. The molecule has 1 aliphatic carbocycles. The van der Waals surface area contributed by atoms with Crippen LogP contribution in [0.3, 0.4) is 0 Å². The molecule has 1 rings (SSSR count). The Hall–Kier alpha value is 0.250. The van der Waals surface area contributed by atoms with Crippen molar-refractivity contribution in [2.45, 2.75) is 63.8 Å². The highest BCUT2D eigenvalue weighted by molar-refractivity contribution is 6.17. The zero-order chi connectivity index (χ0) is 10.9. The number of halogens is 1. The van der Waals surface area contributed by atoms with Gasteiger partial charge in [0, 0.05) is 11.9 Å². The van der Waals surface area contributed by atoms with Crippen LogP contribution in [0.15, 0.2) is 0 Å². The summed E-state index contributed by atoms with van der Waals surface area (Å²) in [5, 5.41) is 0. The second kappa shape index (κ2) is 8.41. The normalized spacial score (nSPS) is 19.4. The summed E-state index contributed by atoms with van der Waals surface area (Å²) >= 11 is 5.67. The molecule has 90 valence electrons. The van der Waals surface area contributed by atoms with Crippen LogP contribution in [-0.2, 0) is 0 Å². The molecule has 1 nitrogen and oxygen atoms in total. The van der Waals surface area contributed by atoms with Gasteiger partial charge in [-0.15, -0.1) is 11.6 Å². The Bertz CT molecular complexity index is 141. The zero-order valence-electron chi connectivity index (χ0n) is 10.2. The standard InChI is InChI=1S/C13H26ClN/c1-15(12-8-4-7-11-14)13-9-5-2-3-6-10-13/h13H,2-12H2,1H3. The van der Waals surface area contributed by atoms with Crippen LogP contribution in [0.2, 0.25) is 0 Å². The predicted molar refractivity (Wildman–Crippen MR) is 68.7 cm³/mol. The highest BCUT2D eigenvalue weighted by Gasteiger charge is 2.15. The molecule has 2 heteroatoms. The Morgan fingerprint density at radius 3 is 2.27 bits per heavy atom. The van der Waals surface area contributed by atoms with Crippen molar-refractivity contribution in [2.75, 3.05) is 19.5 Å². The molecular formula is C13H26ClN. The molecule has 0 spiro atoms. The van der Waals surface area contributed by atoms with Gasteiger partial charge in [0.15, 0.2) is 0 Å². The fourth-order valence-electron chi connectivity index (χ4n) is 2.51. The summed E-state index contributed by atoms with van der Waals surface area (Å²) in [6.45, 7) is 1.27. The van der Waals surface area contributed by atoms with Gasteiger partial charge in [-0.3, -0.25) is 0 Å². The Morgan fingerprint density at radius 2 is 1.67 bits per heavy atom. The van der Waals surface area contributed by atoms with Gasteiger partial charge in [0.2, 0.25) is 0 Å². The molecule has 0 aliphatic heterocycles. The molecule has 0 radical (unpaired) electrons. The van der Waals surface area contributed by atoms with Crippen LogP contribution in [0.4, 0.5) is 0 Å². The average molecular weight is 232 g/mol. The van der Waals surface area contributed by atoms with Crippen molar-refractivity contribution in [2.24, 2.45) is 0 Å². The van der Waals surface area contributed by atoms with Crippen LogP contribution in [0, 0.1) is 0 Å². The fourth-order valence-corrected chi connectivity index (χ4v) is 2.70. The van der Waals surface area contributed by atoms with E-state index < -0.39 is 0 Å². The van der Waals surface area contributed by atoms with E-state index in [1.807, 2.05) is 0 Å². The fraction of sp³-hybridized carbons (Fsp3) is 1.00. The zero-order valence-corrected chi connectivity index (χ0v) is 10.9. The van der Waals surface area contributed by atoms with Gasteiger partial charge in [0.25, 0.3) is 0 Å². The van der Waals surface area contributed by atoms with E-state index in [2.05, 4.69) is 11.9 Å². The average Bonchev–Trinajstić information content (AvgIpc) is 2.52. The number of rotatable bonds is 6. The minimum absolute atomic E-state index is 0.827. The molecule has 0 saturated heterocycles. The second-order valence-corrected chi connectivity index (χ2v) is 5.25. The first-order valence-electron chi connectivity index (χ1n) is 6.61. The lowest BCUT2D eigenvalue weighted by Gasteiger charge is -2.26. The summed E-state index contributed by atoms with van der Waals surface area (Å²) in [6.07, 6.45) is 12.4. The minimum atomic E-state index is 0.827. The van der Waals surface area contributed by atoms with Crippen molar-refractivity contribution in [1.29, 1.82) is 0 Å². The van der Waals surface area contributed by atoms with Crippen molar-refractivity contribution in [1.82, 2.24) is 4.90 Å². The van der Waals surface area contributed by atoms with Crippen LogP contribution in [0.25, 0.3) is 0 Å². The molecule has 0 aromatic carbocycles. The molecule has 0 amide bonds. The van der Waals surface area contributed by atoms with E-state index in [0.717, 1.165) is 11.9 Å². The summed E-state index contributed by atoms with van der Waals surface area (Å²) in [7, 11) is 2.30. The lowest BCUT2D eigenvalue weighted by Crippen LogP contribution is -2.32. The van der Waals surface area contributed by atoms with Gasteiger partial charge in [-0.1, -0.05) is 32.1 Å². The van der Waals surface area contributed by atoms with Crippen LogP contribution in [-0.4, -0.2) is 30.4 Å². The Balaban J connectivity index is 2.11. The first kappa shape index (κ1) is 13.3. The second-order valence-electron chi connectivity index (χ2n) is 4.88. The summed E-state index contributed by atoms with van der Waals surface area (Å²) in [5.74, 6) is 0.827. The monoisotopic (exact) mass is 231 g/mol. The Kier molecular flexibility index (Phi) is 7.46. The molecule has 0 N–H and O–H groups in total. The lowest BCUT2D eigenvalue weighted by atomic mass is 10.1. The maximum atomic E-state index is 5.67. The van der Waals surface area contributed by atoms with E-state index in [1.165, 1.54) is 64.3 Å². The van der Waals surface area contributed by atoms with Crippen LogP contribution in [0.5, 0.6) is 0 Å². The third-order valence-corrected chi connectivity index (χ3v) is 3.86. The van der Waals surface area contributed by atoms with E-state index in [-0.39, 0.29) is 0 Å². The van der Waals surface area contributed by atoms with Gasteiger partial charge in [0.1, 0.15) is 0 Å². The molecule has 0 aromatic heterocycles. The first-order chi connectivity index (χ1) is 7.34. The summed E-state index contributed by atoms with van der Waals surface area (Å²) in [5.41, 5.74) is 0. The van der Waals surface area contributed by atoms with E-state index in [9.17, 15) is 0 Å². The number of hydrogen-bond acceptors (Lipinski definition) is 1. The largest absolute Gasteiger partial charge is 0.303 e. The van der Waals surface area contributed by atoms with Crippen LogP contribution < -0.4 is 0 Å². The van der Waals surface area contributed by atoms with Crippen LogP contribution in [0.1, 0.15) is 57.8 Å². The van der Waals surface area contributed by atoms with E-state index in [4.69, 9.17) is 11.6 Å². The van der Waals surface area contributed by atoms with Gasteiger partial charge in [0.05, 0.1) is 0 Å². The number of unbranched alkanes of at least 4 members (excludes halogenated alkanes) is 2. The summed E-state index contributed by atoms with van der Waals surface area (Å²) in [4.78, 5) is 2.58. The van der Waals surface area contributed by atoms with Crippen molar-refractivity contribution in [3.05, 3.63) is 0 Å². The van der Waals surface area contributed by atoms with Gasteiger partial charge in [-0.05, 0) is 39.3 Å². The quantitative estimate of drug-likeness (QED) is 0.379.